The number of rotatable bonds is 4. The molecule has 3 aliphatic rings. The number of likely N-dealkylation sites (N-methyl/N-ethyl adjacent to an activating group) is 1. The van der Waals surface area contributed by atoms with Gasteiger partial charge in [0.25, 0.3) is 5.91 Å². The number of hydrogen-bond acceptors (Lipinski definition) is 7. The van der Waals surface area contributed by atoms with Crippen LogP contribution in [0.2, 0.25) is 5.02 Å². The topological polar surface area (TPSA) is 87.4 Å². The number of nitrogens with one attached hydrogen (secondary N) is 1. The molecule has 0 spiro atoms. The number of hydrogen-bond donors (Lipinski definition) is 1. The minimum Gasteiger partial charge on any atom is -0.364 e. The summed E-state index contributed by atoms with van der Waals surface area (Å²) in [4.78, 5) is 25.9. The van der Waals surface area contributed by atoms with E-state index < -0.39 is 0 Å². The molecule has 2 unspecified atom stereocenters. The van der Waals surface area contributed by atoms with Gasteiger partial charge in [0.1, 0.15) is 11.3 Å². The van der Waals surface area contributed by atoms with Crippen molar-refractivity contribution in [3.8, 4) is 0 Å². The molecule has 4 heterocycles. The van der Waals surface area contributed by atoms with Gasteiger partial charge in [0, 0.05) is 42.9 Å². The lowest BCUT2D eigenvalue weighted by atomic mass is 9.85. The molecule has 0 radical (unpaired) electrons. The summed E-state index contributed by atoms with van der Waals surface area (Å²) in [5.41, 5.74) is 2.13. The molecule has 32 heavy (non-hydrogen) atoms. The van der Waals surface area contributed by atoms with Crippen molar-refractivity contribution in [2.75, 3.05) is 30.4 Å². The zero-order valence-electron chi connectivity index (χ0n) is 18.0. The van der Waals surface area contributed by atoms with Crippen molar-refractivity contribution in [3.05, 3.63) is 59.2 Å². The lowest BCUT2D eigenvalue weighted by Gasteiger charge is -2.37. The van der Waals surface area contributed by atoms with Crippen LogP contribution in [0.5, 0.6) is 0 Å². The summed E-state index contributed by atoms with van der Waals surface area (Å²) < 4.78 is 4.93. The Morgan fingerprint density at radius 1 is 1.22 bits per heavy atom. The van der Waals surface area contributed by atoms with Crippen molar-refractivity contribution in [2.45, 2.75) is 25.8 Å². The predicted molar refractivity (Wildman–Crippen MR) is 123 cm³/mol. The molecule has 2 atom stereocenters. The van der Waals surface area contributed by atoms with Gasteiger partial charge in [0.05, 0.1) is 18.4 Å². The van der Waals surface area contributed by atoms with Crippen LogP contribution in [0, 0.1) is 11.8 Å². The maximum absolute atomic E-state index is 12.8. The summed E-state index contributed by atoms with van der Waals surface area (Å²) in [5, 5.41) is 7.54. The molecule has 8 nitrogen and oxygen atoms in total. The number of nitrogens with zero attached hydrogens (tertiary/aromatic N) is 5. The first-order chi connectivity index (χ1) is 15.5. The van der Waals surface area contributed by atoms with Crippen LogP contribution < -0.4 is 10.2 Å². The zero-order chi connectivity index (χ0) is 22.2. The standard InChI is InChI=1S/C23H25ClN6O2/c1-14-5-7-30(8-6-14)23-25-12-19(24)21(28-23)27-17-3-4-20-15(9-17)10-18(22(31)29(20)2)16-11-26-32-13-16/h3-4,9-15,20H,5-8H2,1-2H3,(H,25,27,28). The number of piperidine rings is 1. The van der Waals surface area contributed by atoms with Crippen LogP contribution in [-0.2, 0) is 4.79 Å². The van der Waals surface area contributed by atoms with Crippen molar-refractivity contribution < 1.29 is 9.32 Å². The van der Waals surface area contributed by atoms with Crippen LogP contribution in [0.1, 0.15) is 25.3 Å². The Labute approximate surface area is 191 Å². The lowest BCUT2D eigenvalue weighted by molar-refractivity contribution is -0.126. The Bertz CT molecular complexity index is 1100. The smallest absolute Gasteiger partial charge is 0.254 e. The summed E-state index contributed by atoms with van der Waals surface area (Å²) in [6, 6.07) is -0.0524. The van der Waals surface area contributed by atoms with Gasteiger partial charge >= 0.3 is 0 Å². The maximum atomic E-state index is 12.8. The van der Waals surface area contributed by atoms with Gasteiger partial charge in [0.15, 0.2) is 5.82 Å². The van der Waals surface area contributed by atoms with Crippen LogP contribution in [0.25, 0.3) is 5.57 Å². The highest BCUT2D eigenvalue weighted by atomic mass is 35.5. The summed E-state index contributed by atoms with van der Waals surface area (Å²) >= 11 is 6.41. The van der Waals surface area contributed by atoms with Crippen molar-refractivity contribution in [2.24, 2.45) is 11.8 Å². The highest BCUT2D eigenvalue weighted by molar-refractivity contribution is 6.32. The summed E-state index contributed by atoms with van der Waals surface area (Å²) in [6.07, 6.45) is 15.0. The molecule has 1 fully saturated rings. The number of aromatic nitrogens is 3. The van der Waals surface area contributed by atoms with E-state index in [4.69, 9.17) is 21.1 Å². The molecular weight excluding hydrogens is 428 g/mol. The molecule has 1 amide bonds. The van der Waals surface area contributed by atoms with E-state index >= 15 is 0 Å². The first kappa shape index (κ1) is 20.8. The number of amides is 1. The van der Waals surface area contributed by atoms with Gasteiger partial charge in [-0.2, -0.15) is 4.98 Å². The monoisotopic (exact) mass is 452 g/mol. The second kappa shape index (κ2) is 8.43. The molecule has 166 valence electrons. The van der Waals surface area contributed by atoms with Crippen LogP contribution in [-0.4, -0.2) is 52.1 Å². The third-order valence-corrected chi connectivity index (χ3v) is 6.68. The highest BCUT2D eigenvalue weighted by Crippen LogP contribution is 2.33. The van der Waals surface area contributed by atoms with Crippen LogP contribution >= 0.6 is 11.6 Å². The summed E-state index contributed by atoms with van der Waals surface area (Å²) in [6.45, 7) is 4.18. The van der Waals surface area contributed by atoms with E-state index in [1.165, 1.54) is 6.26 Å². The van der Waals surface area contributed by atoms with Crippen molar-refractivity contribution in [1.82, 2.24) is 20.0 Å². The average molecular weight is 453 g/mol. The van der Waals surface area contributed by atoms with Crippen molar-refractivity contribution >= 4 is 34.8 Å². The van der Waals surface area contributed by atoms with Gasteiger partial charge in [-0.15, -0.1) is 0 Å². The maximum Gasteiger partial charge on any atom is 0.254 e. The zero-order valence-corrected chi connectivity index (χ0v) is 18.8. The van der Waals surface area contributed by atoms with Gasteiger partial charge in [-0.3, -0.25) is 4.79 Å². The van der Waals surface area contributed by atoms with E-state index in [9.17, 15) is 4.79 Å². The number of fused-ring (bicyclic) bond motifs is 1. The van der Waals surface area contributed by atoms with E-state index in [0.717, 1.165) is 37.5 Å². The predicted octanol–water partition coefficient (Wildman–Crippen LogP) is 3.76. The SMILES string of the molecule is CC1CCN(c2ncc(Cl)c(NC3=CC4C=C(c5cnoc5)C(=O)N(C)C4C=C3)n2)CC1. The number of carbonyl (C=O) groups is 1. The van der Waals surface area contributed by atoms with Crippen molar-refractivity contribution in [1.29, 1.82) is 0 Å². The van der Waals surface area contributed by atoms with Crippen LogP contribution in [0.15, 0.2) is 53.2 Å². The minimum absolute atomic E-state index is 0.00114. The number of carbonyl (C=O) groups excluding carboxylic acids is 1. The fourth-order valence-corrected chi connectivity index (χ4v) is 4.54. The normalized spacial score (nSPS) is 23.7. The molecule has 1 saturated heterocycles. The van der Waals surface area contributed by atoms with Gasteiger partial charge in [-0.05, 0) is 24.8 Å². The molecular formula is C23H25ClN6O2. The van der Waals surface area contributed by atoms with Gasteiger partial charge < -0.3 is 19.6 Å². The Hall–Kier alpha value is -3.13. The second-order valence-corrected chi connectivity index (χ2v) is 9.03. The molecule has 2 aliphatic heterocycles. The third-order valence-electron chi connectivity index (χ3n) is 6.40. The third kappa shape index (κ3) is 3.90. The molecule has 1 aliphatic carbocycles. The Kier molecular flexibility index (Phi) is 5.46. The van der Waals surface area contributed by atoms with Crippen LogP contribution in [0.3, 0.4) is 0 Å². The summed E-state index contributed by atoms with van der Waals surface area (Å²) in [5.74, 6) is 1.95. The van der Waals surface area contributed by atoms with Crippen LogP contribution in [0.4, 0.5) is 11.8 Å². The lowest BCUT2D eigenvalue weighted by Crippen LogP contribution is -2.44. The van der Waals surface area contributed by atoms with E-state index in [-0.39, 0.29) is 17.9 Å². The number of allylic oxidation sites excluding steroid dienone is 1. The van der Waals surface area contributed by atoms with E-state index in [0.29, 0.717) is 27.9 Å². The molecule has 1 N–H and O–H groups in total. The minimum atomic E-state index is -0.0526. The van der Waals surface area contributed by atoms with E-state index in [1.54, 1.807) is 17.3 Å². The molecule has 2 aromatic heterocycles. The average Bonchev–Trinajstić information content (AvgIpc) is 3.33. The highest BCUT2D eigenvalue weighted by Gasteiger charge is 2.34. The van der Waals surface area contributed by atoms with E-state index in [2.05, 4.69) is 33.4 Å². The molecule has 5 rings (SSSR count). The fraction of sp³-hybridized carbons (Fsp3) is 0.391. The van der Waals surface area contributed by atoms with Crippen molar-refractivity contribution in [3.63, 3.8) is 0 Å². The second-order valence-electron chi connectivity index (χ2n) is 8.62. The Morgan fingerprint density at radius 2 is 2.03 bits per heavy atom. The number of anilines is 2. The fourth-order valence-electron chi connectivity index (χ4n) is 4.40. The quantitative estimate of drug-likeness (QED) is 0.755. The molecule has 2 aromatic rings. The van der Waals surface area contributed by atoms with Gasteiger partial charge in [0.2, 0.25) is 5.95 Å². The van der Waals surface area contributed by atoms with Gasteiger partial charge in [-0.25, -0.2) is 4.98 Å². The molecule has 0 saturated carbocycles. The first-order valence-electron chi connectivity index (χ1n) is 10.8. The Morgan fingerprint density at radius 3 is 2.78 bits per heavy atom. The number of halogens is 1. The Balaban J connectivity index is 1.39. The van der Waals surface area contributed by atoms with Gasteiger partial charge in [-0.1, -0.05) is 41.9 Å². The largest absolute Gasteiger partial charge is 0.364 e. The van der Waals surface area contributed by atoms with E-state index in [1.807, 2.05) is 25.3 Å². The molecule has 0 bridgehead atoms. The molecule has 0 aromatic carbocycles. The molecule has 9 heteroatoms. The summed E-state index contributed by atoms with van der Waals surface area (Å²) in [7, 11) is 1.81. The first-order valence-corrected chi connectivity index (χ1v) is 11.2.